The summed E-state index contributed by atoms with van der Waals surface area (Å²) in [6.07, 6.45) is 1.57. The lowest BCUT2D eigenvalue weighted by Gasteiger charge is -2.26. The molecular formula is C18H23N5O3S. The molecule has 2 heterocycles. The number of carbonyl (C=O) groups excluding carboxylic acids is 2. The third-order valence-electron chi connectivity index (χ3n) is 4.00. The van der Waals surface area contributed by atoms with Crippen molar-refractivity contribution in [3.8, 4) is 0 Å². The lowest BCUT2D eigenvalue weighted by molar-refractivity contribution is -0.114. The van der Waals surface area contributed by atoms with Crippen LogP contribution in [0.2, 0.25) is 0 Å². The van der Waals surface area contributed by atoms with Crippen LogP contribution in [-0.2, 0) is 9.53 Å². The molecule has 1 fully saturated rings. The maximum atomic E-state index is 12.4. The molecule has 27 heavy (non-hydrogen) atoms. The SMILES string of the molecule is CC(=O)Nc1ccc(NC(=O)c2cnc(NCCN3CCOCC3)s2)cc1. The number of nitrogens with zero attached hydrogens (tertiary/aromatic N) is 2. The van der Waals surface area contributed by atoms with Gasteiger partial charge in [-0.05, 0) is 24.3 Å². The second-order valence-corrected chi connectivity index (χ2v) is 7.15. The molecule has 0 bridgehead atoms. The molecule has 0 saturated carbocycles. The normalized spacial score (nSPS) is 14.6. The Morgan fingerprint density at radius 1 is 1.15 bits per heavy atom. The van der Waals surface area contributed by atoms with Crippen molar-refractivity contribution in [2.24, 2.45) is 0 Å². The number of hydrogen-bond acceptors (Lipinski definition) is 7. The molecule has 0 aliphatic carbocycles. The average Bonchev–Trinajstić information content (AvgIpc) is 3.13. The van der Waals surface area contributed by atoms with Crippen molar-refractivity contribution < 1.29 is 14.3 Å². The molecule has 1 aliphatic rings. The van der Waals surface area contributed by atoms with Gasteiger partial charge in [-0.15, -0.1) is 0 Å². The summed E-state index contributed by atoms with van der Waals surface area (Å²) in [7, 11) is 0. The third kappa shape index (κ3) is 6.02. The first-order chi connectivity index (χ1) is 13.1. The molecule has 0 atom stereocenters. The van der Waals surface area contributed by atoms with E-state index < -0.39 is 0 Å². The highest BCUT2D eigenvalue weighted by molar-refractivity contribution is 7.17. The number of carbonyl (C=O) groups is 2. The number of hydrogen-bond donors (Lipinski definition) is 3. The highest BCUT2D eigenvalue weighted by Crippen LogP contribution is 2.20. The summed E-state index contributed by atoms with van der Waals surface area (Å²) in [5, 5.41) is 9.51. The van der Waals surface area contributed by atoms with Gasteiger partial charge in [0.25, 0.3) is 5.91 Å². The number of ether oxygens (including phenoxy) is 1. The lowest BCUT2D eigenvalue weighted by Crippen LogP contribution is -2.38. The van der Waals surface area contributed by atoms with Gasteiger partial charge in [0, 0.05) is 44.5 Å². The molecule has 0 radical (unpaired) electrons. The van der Waals surface area contributed by atoms with Gasteiger partial charge in [-0.2, -0.15) is 0 Å². The predicted octanol–water partition coefficient (Wildman–Crippen LogP) is 2.10. The van der Waals surface area contributed by atoms with E-state index in [1.54, 1.807) is 30.5 Å². The molecule has 2 aromatic rings. The van der Waals surface area contributed by atoms with E-state index in [1.165, 1.54) is 18.3 Å². The van der Waals surface area contributed by atoms with Gasteiger partial charge < -0.3 is 20.7 Å². The van der Waals surface area contributed by atoms with Crippen LogP contribution >= 0.6 is 11.3 Å². The monoisotopic (exact) mass is 389 g/mol. The summed E-state index contributed by atoms with van der Waals surface area (Å²) in [5.74, 6) is -0.342. The van der Waals surface area contributed by atoms with Crippen molar-refractivity contribution in [2.75, 3.05) is 55.3 Å². The third-order valence-corrected chi connectivity index (χ3v) is 4.95. The summed E-state index contributed by atoms with van der Waals surface area (Å²) in [6, 6.07) is 6.96. The number of nitrogens with one attached hydrogen (secondary N) is 3. The Morgan fingerprint density at radius 3 is 2.48 bits per heavy atom. The van der Waals surface area contributed by atoms with Gasteiger partial charge in [0.15, 0.2) is 5.13 Å². The number of aromatic nitrogens is 1. The van der Waals surface area contributed by atoms with E-state index in [4.69, 9.17) is 4.74 Å². The summed E-state index contributed by atoms with van der Waals surface area (Å²) in [4.78, 5) is 30.5. The zero-order valence-electron chi connectivity index (χ0n) is 15.2. The van der Waals surface area contributed by atoms with Crippen molar-refractivity contribution in [1.29, 1.82) is 0 Å². The number of benzene rings is 1. The highest BCUT2D eigenvalue weighted by Gasteiger charge is 2.12. The molecule has 1 saturated heterocycles. The van der Waals surface area contributed by atoms with Crippen molar-refractivity contribution in [2.45, 2.75) is 6.92 Å². The summed E-state index contributed by atoms with van der Waals surface area (Å²) in [6.45, 7) is 6.62. The van der Waals surface area contributed by atoms with Gasteiger partial charge in [0.05, 0.1) is 19.4 Å². The van der Waals surface area contributed by atoms with Crippen molar-refractivity contribution in [3.05, 3.63) is 35.3 Å². The Labute approximate surface area is 161 Å². The minimum absolute atomic E-state index is 0.134. The first kappa shape index (κ1) is 19.3. The molecule has 8 nitrogen and oxygen atoms in total. The Balaban J connectivity index is 1.46. The lowest BCUT2D eigenvalue weighted by atomic mass is 10.2. The van der Waals surface area contributed by atoms with Gasteiger partial charge in [-0.1, -0.05) is 11.3 Å². The van der Waals surface area contributed by atoms with Crippen LogP contribution in [-0.4, -0.2) is 61.1 Å². The van der Waals surface area contributed by atoms with Gasteiger partial charge in [0.1, 0.15) is 4.88 Å². The number of anilines is 3. The first-order valence-electron chi connectivity index (χ1n) is 8.79. The van der Waals surface area contributed by atoms with E-state index in [0.717, 1.165) is 44.5 Å². The standard InChI is InChI=1S/C18H23N5O3S/c1-13(24)21-14-2-4-15(5-3-14)22-17(25)16-12-20-18(27-16)19-6-7-23-8-10-26-11-9-23/h2-5,12H,6-11H2,1H3,(H,19,20)(H,21,24)(H,22,25). The minimum Gasteiger partial charge on any atom is -0.379 e. The van der Waals surface area contributed by atoms with Crippen molar-refractivity contribution >= 4 is 39.7 Å². The average molecular weight is 389 g/mol. The van der Waals surface area contributed by atoms with Gasteiger partial charge >= 0.3 is 0 Å². The van der Waals surface area contributed by atoms with Crippen molar-refractivity contribution in [3.63, 3.8) is 0 Å². The second-order valence-electron chi connectivity index (χ2n) is 6.12. The highest BCUT2D eigenvalue weighted by atomic mass is 32.1. The quantitative estimate of drug-likeness (QED) is 0.671. The molecular weight excluding hydrogens is 366 g/mol. The fourth-order valence-corrected chi connectivity index (χ4v) is 3.38. The van der Waals surface area contributed by atoms with E-state index in [2.05, 4.69) is 25.8 Å². The molecule has 1 aromatic heterocycles. The van der Waals surface area contributed by atoms with Crippen LogP contribution < -0.4 is 16.0 Å². The maximum absolute atomic E-state index is 12.4. The zero-order chi connectivity index (χ0) is 19.1. The Bertz CT molecular complexity index is 772. The topological polar surface area (TPSA) is 95.6 Å². The van der Waals surface area contributed by atoms with E-state index in [-0.39, 0.29) is 11.8 Å². The van der Waals surface area contributed by atoms with E-state index in [0.29, 0.717) is 16.3 Å². The fraction of sp³-hybridized carbons (Fsp3) is 0.389. The van der Waals surface area contributed by atoms with Gasteiger partial charge in [-0.25, -0.2) is 4.98 Å². The molecule has 3 rings (SSSR count). The predicted molar refractivity (Wildman–Crippen MR) is 107 cm³/mol. The van der Waals surface area contributed by atoms with Crippen LogP contribution in [0.5, 0.6) is 0 Å². The molecule has 2 amide bonds. The minimum atomic E-state index is -0.207. The molecule has 1 aliphatic heterocycles. The van der Waals surface area contributed by atoms with Crippen LogP contribution in [0.25, 0.3) is 0 Å². The number of amides is 2. The van der Waals surface area contributed by atoms with Crippen LogP contribution in [0.15, 0.2) is 30.5 Å². The van der Waals surface area contributed by atoms with Gasteiger partial charge in [0.2, 0.25) is 5.91 Å². The van der Waals surface area contributed by atoms with Crippen LogP contribution in [0, 0.1) is 0 Å². The second kappa shape index (κ2) is 9.45. The molecule has 1 aromatic carbocycles. The summed E-state index contributed by atoms with van der Waals surface area (Å²) in [5.41, 5.74) is 1.34. The number of thiazole rings is 1. The van der Waals surface area contributed by atoms with Crippen LogP contribution in [0.1, 0.15) is 16.6 Å². The molecule has 144 valence electrons. The molecule has 0 spiro atoms. The van der Waals surface area contributed by atoms with Crippen molar-refractivity contribution in [1.82, 2.24) is 9.88 Å². The summed E-state index contributed by atoms with van der Waals surface area (Å²) >= 11 is 1.32. The van der Waals surface area contributed by atoms with E-state index in [9.17, 15) is 9.59 Å². The molecule has 0 unspecified atom stereocenters. The van der Waals surface area contributed by atoms with E-state index >= 15 is 0 Å². The fourth-order valence-electron chi connectivity index (χ4n) is 2.64. The van der Waals surface area contributed by atoms with Gasteiger partial charge in [-0.3, -0.25) is 14.5 Å². The Kier molecular flexibility index (Phi) is 6.74. The van der Waals surface area contributed by atoms with Crippen LogP contribution in [0.4, 0.5) is 16.5 Å². The Morgan fingerprint density at radius 2 is 1.81 bits per heavy atom. The number of morpholine rings is 1. The smallest absolute Gasteiger partial charge is 0.267 e. The van der Waals surface area contributed by atoms with E-state index in [1.807, 2.05) is 0 Å². The number of rotatable bonds is 7. The first-order valence-corrected chi connectivity index (χ1v) is 9.60. The Hall–Kier alpha value is -2.49. The summed E-state index contributed by atoms with van der Waals surface area (Å²) < 4.78 is 5.33. The van der Waals surface area contributed by atoms with Crippen LogP contribution in [0.3, 0.4) is 0 Å². The largest absolute Gasteiger partial charge is 0.379 e. The maximum Gasteiger partial charge on any atom is 0.267 e. The molecule has 3 N–H and O–H groups in total. The zero-order valence-corrected chi connectivity index (χ0v) is 16.0. The molecule has 9 heteroatoms.